The summed E-state index contributed by atoms with van der Waals surface area (Å²) < 4.78 is 16.3. The molecule has 0 saturated carbocycles. The van der Waals surface area contributed by atoms with Crippen molar-refractivity contribution in [2.24, 2.45) is 0 Å². The van der Waals surface area contributed by atoms with Crippen molar-refractivity contribution in [1.29, 1.82) is 0 Å². The summed E-state index contributed by atoms with van der Waals surface area (Å²) in [6.07, 6.45) is 1.05. The number of benzene rings is 1. The van der Waals surface area contributed by atoms with Gasteiger partial charge in [0.05, 0.1) is 26.8 Å². The molecule has 0 radical (unpaired) electrons. The van der Waals surface area contributed by atoms with Gasteiger partial charge < -0.3 is 19.5 Å². The average molecular weight is 290 g/mol. The number of aryl methyl sites for hydroxylation is 1. The van der Waals surface area contributed by atoms with Crippen molar-refractivity contribution >= 4 is 16.7 Å². The van der Waals surface area contributed by atoms with Gasteiger partial charge in [-0.25, -0.2) is 4.98 Å². The molecule has 114 valence electrons. The van der Waals surface area contributed by atoms with Crippen LogP contribution in [0.4, 0.5) is 5.82 Å². The number of anilines is 1. The summed E-state index contributed by atoms with van der Waals surface area (Å²) in [6, 6.07) is 3.92. The molecule has 1 N–H and O–H groups in total. The van der Waals surface area contributed by atoms with Crippen LogP contribution in [0.1, 0.15) is 18.9 Å². The van der Waals surface area contributed by atoms with E-state index in [2.05, 4.69) is 23.3 Å². The maximum Gasteiger partial charge on any atom is 0.204 e. The van der Waals surface area contributed by atoms with Crippen molar-refractivity contribution in [3.63, 3.8) is 0 Å². The first-order chi connectivity index (χ1) is 10.2. The van der Waals surface area contributed by atoms with Crippen molar-refractivity contribution in [3.05, 3.63) is 17.7 Å². The maximum atomic E-state index is 5.50. The Kier molecular flexibility index (Phi) is 4.73. The van der Waals surface area contributed by atoms with Gasteiger partial charge in [-0.3, -0.25) is 0 Å². The Bertz CT molecular complexity index is 641. The molecule has 2 aromatic rings. The Labute approximate surface area is 125 Å². The molecule has 0 spiro atoms. The molecule has 5 nitrogen and oxygen atoms in total. The van der Waals surface area contributed by atoms with Gasteiger partial charge in [-0.15, -0.1) is 0 Å². The second-order valence-corrected chi connectivity index (χ2v) is 4.79. The molecule has 0 aliphatic heterocycles. The van der Waals surface area contributed by atoms with Gasteiger partial charge in [0, 0.05) is 18.0 Å². The van der Waals surface area contributed by atoms with Gasteiger partial charge in [0.25, 0.3) is 0 Å². The number of nitrogens with zero attached hydrogens (tertiary/aromatic N) is 1. The summed E-state index contributed by atoms with van der Waals surface area (Å²) in [4.78, 5) is 4.68. The fourth-order valence-corrected chi connectivity index (χ4v) is 2.31. The minimum absolute atomic E-state index is 0.586. The van der Waals surface area contributed by atoms with Gasteiger partial charge in [-0.1, -0.05) is 6.92 Å². The van der Waals surface area contributed by atoms with Crippen molar-refractivity contribution in [2.75, 3.05) is 33.2 Å². The van der Waals surface area contributed by atoms with E-state index in [1.807, 2.05) is 13.0 Å². The van der Waals surface area contributed by atoms with E-state index in [0.29, 0.717) is 17.2 Å². The summed E-state index contributed by atoms with van der Waals surface area (Å²) in [5, 5.41) is 4.25. The predicted octanol–water partition coefficient (Wildman–Crippen LogP) is 3.39. The number of pyridine rings is 1. The lowest BCUT2D eigenvalue weighted by Gasteiger charge is -2.16. The molecular formula is C16H22N2O3. The van der Waals surface area contributed by atoms with Crippen molar-refractivity contribution in [2.45, 2.75) is 20.3 Å². The number of ether oxygens (including phenoxy) is 3. The summed E-state index contributed by atoms with van der Waals surface area (Å²) in [5.41, 5.74) is 1.88. The first kappa shape index (κ1) is 15.2. The van der Waals surface area contributed by atoms with Crippen LogP contribution in [0.5, 0.6) is 17.2 Å². The fourth-order valence-electron chi connectivity index (χ4n) is 2.31. The van der Waals surface area contributed by atoms with E-state index < -0.39 is 0 Å². The highest BCUT2D eigenvalue weighted by atomic mass is 16.5. The zero-order valence-electron chi connectivity index (χ0n) is 13.2. The van der Waals surface area contributed by atoms with Crippen molar-refractivity contribution < 1.29 is 14.2 Å². The first-order valence-electron chi connectivity index (χ1n) is 7.00. The molecular weight excluding hydrogens is 268 g/mol. The number of methoxy groups -OCH3 is 3. The van der Waals surface area contributed by atoms with Gasteiger partial charge in [-0.2, -0.15) is 0 Å². The van der Waals surface area contributed by atoms with E-state index in [9.17, 15) is 0 Å². The molecule has 1 aromatic heterocycles. The third-order valence-electron chi connectivity index (χ3n) is 3.36. The second kappa shape index (κ2) is 6.52. The Balaban J connectivity index is 2.67. The van der Waals surface area contributed by atoms with Gasteiger partial charge in [0.1, 0.15) is 5.82 Å². The molecule has 0 aliphatic carbocycles. The Morgan fingerprint density at radius 3 is 2.33 bits per heavy atom. The van der Waals surface area contributed by atoms with Crippen LogP contribution >= 0.6 is 0 Å². The van der Waals surface area contributed by atoms with E-state index in [-0.39, 0.29) is 0 Å². The fraction of sp³-hybridized carbons (Fsp3) is 0.438. The number of aromatic nitrogens is 1. The monoisotopic (exact) mass is 290 g/mol. The molecule has 0 aliphatic rings. The molecule has 0 atom stereocenters. The maximum absolute atomic E-state index is 5.50. The van der Waals surface area contributed by atoms with Crippen LogP contribution in [0.2, 0.25) is 0 Å². The van der Waals surface area contributed by atoms with Crippen LogP contribution in [-0.2, 0) is 0 Å². The molecule has 0 saturated heterocycles. The minimum atomic E-state index is 0.586. The first-order valence-corrected chi connectivity index (χ1v) is 7.00. The van der Waals surface area contributed by atoms with E-state index in [1.54, 1.807) is 21.3 Å². The molecule has 0 fully saturated rings. The highest BCUT2D eigenvalue weighted by molar-refractivity contribution is 5.92. The predicted molar refractivity (Wildman–Crippen MR) is 84.9 cm³/mol. The number of fused-ring (bicyclic) bond motifs is 1. The van der Waals surface area contributed by atoms with Gasteiger partial charge in [-0.05, 0) is 25.0 Å². The van der Waals surface area contributed by atoms with Crippen molar-refractivity contribution in [3.8, 4) is 17.2 Å². The zero-order chi connectivity index (χ0) is 15.4. The normalized spacial score (nSPS) is 10.5. The Hall–Kier alpha value is -2.17. The second-order valence-electron chi connectivity index (χ2n) is 4.79. The zero-order valence-corrected chi connectivity index (χ0v) is 13.2. The molecule has 21 heavy (non-hydrogen) atoms. The number of hydrogen-bond acceptors (Lipinski definition) is 5. The molecule has 2 rings (SSSR count). The molecule has 5 heteroatoms. The van der Waals surface area contributed by atoms with Crippen LogP contribution in [0, 0.1) is 6.92 Å². The number of nitrogens with one attached hydrogen (secondary N) is 1. The molecule has 0 amide bonds. The Morgan fingerprint density at radius 2 is 1.76 bits per heavy atom. The minimum Gasteiger partial charge on any atom is -0.493 e. The summed E-state index contributed by atoms with van der Waals surface area (Å²) >= 11 is 0. The summed E-state index contributed by atoms with van der Waals surface area (Å²) in [7, 11) is 4.83. The Morgan fingerprint density at radius 1 is 1.05 bits per heavy atom. The largest absolute Gasteiger partial charge is 0.493 e. The molecule has 0 bridgehead atoms. The lowest BCUT2D eigenvalue weighted by atomic mass is 10.1. The van der Waals surface area contributed by atoms with Gasteiger partial charge in [0.15, 0.2) is 11.5 Å². The van der Waals surface area contributed by atoms with E-state index >= 15 is 0 Å². The van der Waals surface area contributed by atoms with E-state index in [1.165, 1.54) is 0 Å². The lowest BCUT2D eigenvalue weighted by molar-refractivity contribution is 0.327. The van der Waals surface area contributed by atoms with Crippen LogP contribution in [0.25, 0.3) is 10.9 Å². The third-order valence-corrected chi connectivity index (χ3v) is 3.36. The number of hydrogen-bond donors (Lipinski definition) is 1. The smallest absolute Gasteiger partial charge is 0.204 e. The van der Waals surface area contributed by atoms with Crippen LogP contribution in [-0.4, -0.2) is 32.9 Å². The van der Waals surface area contributed by atoms with E-state index in [0.717, 1.165) is 35.2 Å². The number of rotatable bonds is 6. The molecule has 1 heterocycles. The average Bonchev–Trinajstić information content (AvgIpc) is 2.51. The van der Waals surface area contributed by atoms with Gasteiger partial charge >= 0.3 is 0 Å². The summed E-state index contributed by atoms with van der Waals surface area (Å²) in [5.74, 6) is 2.73. The SMILES string of the molecule is CCCNc1nc2cc(OC)c(OC)c(OC)c2cc1C. The molecule has 0 unspecified atom stereocenters. The topological polar surface area (TPSA) is 52.6 Å². The third kappa shape index (κ3) is 2.82. The summed E-state index contributed by atoms with van der Waals surface area (Å²) in [6.45, 7) is 5.05. The standard InChI is InChI=1S/C16H22N2O3/c1-6-7-17-16-10(2)8-11-12(18-16)9-13(19-3)15(21-5)14(11)20-4/h8-9H,6-7H2,1-5H3,(H,17,18). The highest BCUT2D eigenvalue weighted by Gasteiger charge is 2.17. The van der Waals surface area contributed by atoms with Crippen LogP contribution in [0.15, 0.2) is 12.1 Å². The van der Waals surface area contributed by atoms with Gasteiger partial charge in [0.2, 0.25) is 5.75 Å². The van der Waals surface area contributed by atoms with Crippen molar-refractivity contribution in [1.82, 2.24) is 4.98 Å². The quantitative estimate of drug-likeness (QED) is 0.883. The lowest BCUT2D eigenvalue weighted by Crippen LogP contribution is -2.05. The molecule has 1 aromatic carbocycles. The van der Waals surface area contributed by atoms with Crippen LogP contribution < -0.4 is 19.5 Å². The van der Waals surface area contributed by atoms with Crippen LogP contribution in [0.3, 0.4) is 0 Å². The highest BCUT2D eigenvalue weighted by Crippen LogP contribution is 2.43. The van der Waals surface area contributed by atoms with E-state index in [4.69, 9.17) is 14.2 Å².